The Morgan fingerprint density at radius 1 is 1.07 bits per heavy atom. The van der Waals surface area contributed by atoms with Crippen LogP contribution in [0.25, 0.3) is 0 Å². The normalized spacial score (nSPS) is 19.2. The number of nitrogens with one attached hydrogen (secondary N) is 1. The number of carbonyl (C=O) groups is 1. The lowest BCUT2D eigenvalue weighted by Gasteiger charge is -2.19. The smallest absolute Gasteiger partial charge is 0.262 e. The summed E-state index contributed by atoms with van der Waals surface area (Å²) in [5, 5.41) is 0. The highest BCUT2D eigenvalue weighted by molar-refractivity contribution is 7.94. The topological polar surface area (TPSA) is 119 Å². The molecule has 2 aliphatic rings. The maximum absolute atomic E-state index is 12.9. The summed E-state index contributed by atoms with van der Waals surface area (Å²) in [7, 11) is -7.79. The average Bonchev–Trinajstić information content (AvgIpc) is 3.13. The standard InChI is InChI=1S/C19H20N2O7S2/c1-12-8-14(21-18(22)19(2,3)10-29(21,23)24)5-7-17(12)30(25,26)20-13-4-6-15-16(9-13)28-11-27-15/h4-9,20H,10-11H2,1-3H3. The Morgan fingerprint density at radius 3 is 2.40 bits per heavy atom. The van der Waals surface area contributed by atoms with E-state index in [-0.39, 0.29) is 23.1 Å². The summed E-state index contributed by atoms with van der Waals surface area (Å²) in [6, 6.07) is 8.65. The fourth-order valence-corrected chi connectivity index (χ4v) is 6.87. The van der Waals surface area contributed by atoms with E-state index in [2.05, 4.69) is 4.72 Å². The first-order valence-corrected chi connectivity index (χ1v) is 12.1. The van der Waals surface area contributed by atoms with Crippen LogP contribution in [-0.4, -0.2) is 35.3 Å². The Balaban J connectivity index is 1.65. The molecule has 2 aromatic rings. The van der Waals surface area contributed by atoms with Gasteiger partial charge < -0.3 is 9.47 Å². The number of hydrogen-bond acceptors (Lipinski definition) is 7. The second-order valence-electron chi connectivity index (χ2n) is 7.83. The Labute approximate surface area is 174 Å². The number of nitrogens with zero attached hydrogens (tertiary/aromatic N) is 1. The van der Waals surface area contributed by atoms with Crippen molar-refractivity contribution in [3.63, 3.8) is 0 Å². The van der Waals surface area contributed by atoms with Crippen molar-refractivity contribution in [2.45, 2.75) is 25.7 Å². The molecule has 1 fully saturated rings. The SMILES string of the molecule is Cc1cc(N2C(=O)C(C)(C)CS2(=O)=O)ccc1S(=O)(=O)Nc1ccc2c(c1)OCO2. The lowest BCUT2D eigenvalue weighted by molar-refractivity contribution is -0.123. The zero-order valence-corrected chi connectivity index (χ0v) is 18.1. The molecule has 0 bridgehead atoms. The summed E-state index contributed by atoms with van der Waals surface area (Å²) in [5.41, 5.74) is -0.335. The molecule has 30 heavy (non-hydrogen) atoms. The van der Waals surface area contributed by atoms with Crippen LogP contribution in [0.15, 0.2) is 41.3 Å². The van der Waals surface area contributed by atoms with E-state index in [9.17, 15) is 21.6 Å². The number of anilines is 2. The first-order chi connectivity index (χ1) is 13.9. The van der Waals surface area contributed by atoms with Crippen molar-refractivity contribution in [3.05, 3.63) is 42.0 Å². The van der Waals surface area contributed by atoms with Crippen LogP contribution in [0, 0.1) is 12.3 Å². The zero-order chi connectivity index (χ0) is 21.9. The van der Waals surface area contributed by atoms with Gasteiger partial charge in [-0.15, -0.1) is 0 Å². The summed E-state index contributed by atoms with van der Waals surface area (Å²) in [6.45, 7) is 4.73. The Morgan fingerprint density at radius 2 is 1.77 bits per heavy atom. The fourth-order valence-electron chi connectivity index (χ4n) is 3.49. The Bertz CT molecular complexity index is 1270. The van der Waals surface area contributed by atoms with Crippen molar-refractivity contribution in [1.82, 2.24) is 0 Å². The van der Waals surface area contributed by atoms with E-state index in [4.69, 9.17) is 9.47 Å². The number of hydrogen-bond donors (Lipinski definition) is 1. The third-order valence-electron chi connectivity index (χ3n) is 4.89. The van der Waals surface area contributed by atoms with E-state index in [0.717, 1.165) is 4.31 Å². The minimum Gasteiger partial charge on any atom is -0.454 e. The first-order valence-electron chi connectivity index (χ1n) is 9.01. The molecule has 0 atom stereocenters. The number of fused-ring (bicyclic) bond motifs is 1. The van der Waals surface area contributed by atoms with Gasteiger partial charge in [-0.3, -0.25) is 9.52 Å². The van der Waals surface area contributed by atoms with E-state index in [1.807, 2.05) is 0 Å². The van der Waals surface area contributed by atoms with Crippen LogP contribution in [-0.2, 0) is 24.8 Å². The number of aryl methyl sites for hydroxylation is 1. The molecule has 0 aromatic heterocycles. The van der Waals surface area contributed by atoms with E-state index < -0.39 is 31.4 Å². The van der Waals surface area contributed by atoms with Gasteiger partial charge in [0.25, 0.3) is 10.0 Å². The summed E-state index contributed by atoms with van der Waals surface area (Å²) in [5.74, 6) is 0.111. The second-order valence-corrected chi connectivity index (χ2v) is 11.3. The highest BCUT2D eigenvalue weighted by Crippen LogP contribution is 2.38. The van der Waals surface area contributed by atoms with Crippen LogP contribution in [0.2, 0.25) is 0 Å². The summed E-state index contributed by atoms with van der Waals surface area (Å²) < 4.78 is 64.4. The molecular weight excluding hydrogens is 432 g/mol. The summed E-state index contributed by atoms with van der Waals surface area (Å²) in [6.07, 6.45) is 0. The molecule has 2 aliphatic heterocycles. The molecule has 160 valence electrons. The van der Waals surface area contributed by atoms with Crippen LogP contribution in [0.4, 0.5) is 11.4 Å². The molecule has 4 rings (SSSR count). The van der Waals surface area contributed by atoms with Crippen molar-refractivity contribution in [1.29, 1.82) is 0 Å². The third-order valence-corrected chi connectivity index (χ3v) is 8.45. The van der Waals surface area contributed by atoms with Gasteiger partial charge in [-0.1, -0.05) is 0 Å². The third kappa shape index (κ3) is 3.37. The molecule has 1 N–H and O–H groups in total. The van der Waals surface area contributed by atoms with E-state index >= 15 is 0 Å². The molecule has 0 aliphatic carbocycles. The summed E-state index contributed by atoms with van der Waals surface area (Å²) in [4.78, 5) is 12.5. The van der Waals surface area contributed by atoms with Gasteiger partial charge in [0.1, 0.15) is 0 Å². The monoisotopic (exact) mass is 452 g/mol. The van der Waals surface area contributed by atoms with E-state index in [1.54, 1.807) is 26.0 Å². The molecule has 9 nitrogen and oxygen atoms in total. The van der Waals surface area contributed by atoms with Crippen LogP contribution >= 0.6 is 0 Å². The highest BCUT2D eigenvalue weighted by atomic mass is 32.2. The number of carbonyl (C=O) groups excluding carboxylic acids is 1. The number of benzene rings is 2. The van der Waals surface area contributed by atoms with Crippen molar-refractivity contribution in [2.75, 3.05) is 21.6 Å². The van der Waals surface area contributed by atoms with Crippen LogP contribution < -0.4 is 18.5 Å². The quantitative estimate of drug-likeness (QED) is 0.755. The second kappa shape index (κ2) is 6.61. The lowest BCUT2D eigenvalue weighted by atomic mass is 9.95. The molecule has 2 aromatic carbocycles. The molecular formula is C19H20N2O7S2. The van der Waals surface area contributed by atoms with Gasteiger partial charge in [0, 0.05) is 6.07 Å². The molecule has 0 unspecified atom stereocenters. The largest absolute Gasteiger partial charge is 0.454 e. The van der Waals surface area contributed by atoms with Crippen molar-refractivity contribution >= 4 is 37.3 Å². The Kier molecular flexibility index (Phi) is 4.51. The maximum atomic E-state index is 12.9. The average molecular weight is 453 g/mol. The number of ether oxygens (including phenoxy) is 2. The molecule has 2 heterocycles. The number of rotatable bonds is 4. The van der Waals surface area contributed by atoms with Crippen molar-refractivity contribution < 1.29 is 31.1 Å². The summed E-state index contributed by atoms with van der Waals surface area (Å²) >= 11 is 0. The minimum absolute atomic E-state index is 0.0350. The van der Waals surface area contributed by atoms with Crippen LogP contribution in [0.3, 0.4) is 0 Å². The molecule has 0 saturated carbocycles. The maximum Gasteiger partial charge on any atom is 0.262 e. The molecule has 1 saturated heterocycles. The van der Waals surface area contributed by atoms with Gasteiger partial charge in [-0.25, -0.2) is 21.1 Å². The highest BCUT2D eigenvalue weighted by Gasteiger charge is 2.50. The van der Waals surface area contributed by atoms with Crippen molar-refractivity contribution in [3.8, 4) is 11.5 Å². The van der Waals surface area contributed by atoms with Gasteiger partial charge in [-0.2, -0.15) is 0 Å². The van der Waals surface area contributed by atoms with Gasteiger partial charge >= 0.3 is 0 Å². The van der Waals surface area contributed by atoms with Gasteiger partial charge in [-0.05, 0) is 56.7 Å². The molecule has 1 amide bonds. The molecule has 0 radical (unpaired) electrons. The number of amides is 1. The predicted octanol–water partition coefficient (Wildman–Crippen LogP) is 2.23. The van der Waals surface area contributed by atoms with Crippen LogP contribution in [0.5, 0.6) is 11.5 Å². The van der Waals surface area contributed by atoms with Gasteiger partial charge in [0.05, 0.1) is 27.4 Å². The van der Waals surface area contributed by atoms with Gasteiger partial charge in [0.15, 0.2) is 11.5 Å². The number of sulfonamides is 2. The lowest BCUT2D eigenvalue weighted by Crippen LogP contribution is -2.33. The predicted molar refractivity (Wildman–Crippen MR) is 110 cm³/mol. The molecule has 0 spiro atoms. The van der Waals surface area contributed by atoms with Crippen LogP contribution in [0.1, 0.15) is 19.4 Å². The fraction of sp³-hybridized carbons (Fsp3) is 0.316. The van der Waals surface area contributed by atoms with Crippen molar-refractivity contribution in [2.24, 2.45) is 5.41 Å². The Hall–Kier alpha value is -2.79. The minimum atomic E-state index is -3.97. The van der Waals surface area contributed by atoms with E-state index in [0.29, 0.717) is 22.7 Å². The van der Waals surface area contributed by atoms with E-state index in [1.165, 1.54) is 31.2 Å². The first kappa shape index (κ1) is 20.5. The van der Waals surface area contributed by atoms with Gasteiger partial charge in [0.2, 0.25) is 22.7 Å². The zero-order valence-electron chi connectivity index (χ0n) is 16.5. The molecule has 11 heteroatoms.